The monoisotopic (exact) mass is 273 g/mol. The van der Waals surface area contributed by atoms with E-state index >= 15 is 0 Å². The molecule has 1 heterocycles. The lowest BCUT2D eigenvalue weighted by Crippen LogP contribution is -2.13. The molecule has 0 saturated carbocycles. The Labute approximate surface area is 118 Å². The highest BCUT2D eigenvalue weighted by Crippen LogP contribution is 2.20. The maximum absolute atomic E-state index is 5.61. The minimum atomic E-state index is 0.534. The summed E-state index contributed by atoms with van der Waals surface area (Å²) in [4.78, 5) is 4.25. The Morgan fingerprint density at radius 2 is 1.95 bits per heavy atom. The van der Waals surface area contributed by atoms with Crippen LogP contribution in [0.15, 0.2) is 42.6 Å². The van der Waals surface area contributed by atoms with Gasteiger partial charge in [-0.25, -0.2) is 4.98 Å². The first-order valence-corrected chi connectivity index (χ1v) is 6.59. The minimum absolute atomic E-state index is 0.534. The molecule has 0 aliphatic rings. The fourth-order valence-electron chi connectivity index (χ4n) is 1.70. The molecule has 0 aliphatic heterocycles. The first-order valence-electron chi connectivity index (χ1n) is 6.59. The maximum atomic E-state index is 5.61. The molecule has 1 aromatic heterocycles. The molecule has 5 heteroatoms. The quantitative estimate of drug-likeness (QED) is 0.599. The van der Waals surface area contributed by atoms with Crippen LogP contribution in [0.4, 0.5) is 11.5 Å². The van der Waals surface area contributed by atoms with Crippen molar-refractivity contribution in [3.63, 3.8) is 0 Å². The Hall–Kier alpha value is -2.43. The summed E-state index contributed by atoms with van der Waals surface area (Å²) in [7, 11) is 0. The summed E-state index contributed by atoms with van der Waals surface area (Å²) in [5.74, 6) is 2.28. The summed E-state index contributed by atoms with van der Waals surface area (Å²) in [5.41, 5.74) is 6.34. The van der Waals surface area contributed by atoms with Gasteiger partial charge in [0.25, 0.3) is 0 Å². The average molecular weight is 273 g/mol. The van der Waals surface area contributed by atoms with E-state index < -0.39 is 0 Å². The number of rotatable bonds is 7. The number of hydrogen-bond acceptors (Lipinski definition) is 5. The van der Waals surface area contributed by atoms with Crippen molar-refractivity contribution in [3.05, 3.63) is 42.6 Å². The van der Waals surface area contributed by atoms with E-state index in [0.717, 1.165) is 23.0 Å². The Morgan fingerprint density at radius 1 is 1.15 bits per heavy atom. The lowest BCUT2D eigenvalue weighted by atomic mass is 10.3. The van der Waals surface area contributed by atoms with Crippen molar-refractivity contribution in [2.45, 2.75) is 6.92 Å². The van der Waals surface area contributed by atoms with Gasteiger partial charge in [0.05, 0.1) is 13.2 Å². The zero-order chi connectivity index (χ0) is 14.2. The number of nitrogens with zero attached hydrogens (tertiary/aromatic N) is 1. The van der Waals surface area contributed by atoms with Gasteiger partial charge in [-0.05, 0) is 43.3 Å². The van der Waals surface area contributed by atoms with Crippen LogP contribution < -0.4 is 20.5 Å². The fraction of sp³-hybridized carbons (Fsp3) is 0.267. The van der Waals surface area contributed by atoms with Crippen LogP contribution in [0.3, 0.4) is 0 Å². The van der Waals surface area contributed by atoms with Gasteiger partial charge in [-0.3, -0.25) is 0 Å². The summed E-state index contributed by atoms with van der Waals surface area (Å²) in [6.45, 7) is 3.73. The second-order valence-electron chi connectivity index (χ2n) is 4.13. The van der Waals surface area contributed by atoms with Gasteiger partial charge in [-0.2, -0.15) is 0 Å². The number of benzene rings is 1. The largest absolute Gasteiger partial charge is 0.492 e. The second kappa shape index (κ2) is 7.23. The van der Waals surface area contributed by atoms with Crippen molar-refractivity contribution >= 4 is 11.5 Å². The van der Waals surface area contributed by atoms with E-state index in [-0.39, 0.29) is 0 Å². The van der Waals surface area contributed by atoms with Crippen LogP contribution in [0.25, 0.3) is 0 Å². The molecule has 106 valence electrons. The number of anilines is 2. The normalized spacial score (nSPS) is 10.1. The van der Waals surface area contributed by atoms with E-state index in [9.17, 15) is 0 Å². The number of pyridine rings is 1. The van der Waals surface area contributed by atoms with E-state index in [1.165, 1.54) is 0 Å². The summed E-state index contributed by atoms with van der Waals surface area (Å²) >= 11 is 0. The van der Waals surface area contributed by atoms with E-state index in [4.69, 9.17) is 15.2 Å². The molecule has 0 radical (unpaired) electrons. The third-order valence-electron chi connectivity index (χ3n) is 2.61. The van der Waals surface area contributed by atoms with Gasteiger partial charge in [0.15, 0.2) is 11.6 Å². The smallest absolute Gasteiger partial charge is 0.168 e. The van der Waals surface area contributed by atoms with Gasteiger partial charge < -0.3 is 20.5 Å². The maximum Gasteiger partial charge on any atom is 0.168 e. The van der Waals surface area contributed by atoms with Gasteiger partial charge in [-0.1, -0.05) is 0 Å². The first kappa shape index (κ1) is 14.0. The number of hydrogen-bond donors (Lipinski definition) is 2. The minimum Gasteiger partial charge on any atom is -0.492 e. The number of nitrogen functional groups attached to an aromatic ring is 1. The highest BCUT2D eigenvalue weighted by atomic mass is 16.5. The molecule has 20 heavy (non-hydrogen) atoms. The molecule has 1 aromatic carbocycles. The standard InChI is InChI=1S/C15H19N3O2/c1-2-19-14-4-3-9-17-15(14)18-10-11-20-13-7-5-12(16)6-8-13/h3-9H,2,10-11,16H2,1H3,(H,17,18). The number of ether oxygens (including phenoxy) is 2. The molecular weight excluding hydrogens is 254 g/mol. The molecule has 0 aliphatic carbocycles. The van der Waals surface area contributed by atoms with Gasteiger partial charge in [0.2, 0.25) is 0 Å². The summed E-state index contributed by atoms with van der Waals surface area (Å²) in [5, 5.41) is 3.19. The van der Waals surface area contributed by atoms with Crippen molar-refractivity contribution in [3.8, 4) is 11.5 Å². The van der Waals surface area contributed by atoms with E-state index in [0.29, 0.717) is 19.8 Å². The molecule has 0 bridgehead atoms. The molecular formula is C15H19N3O2. The number of aromatic nitrogens is 1. The lowest BCUT2D eigenvalue weighted by Gasteiger charge is -2.11. The van der Waals surface area contributed by atoms with Crippen LogP contribution in [0.2, 0.25) is 0 Å². The van der Waals surface area contributed by atoms with Crippen LogP contribution in [-0.2, 0) is 0 Å². The van der Waals surface area contributed by atoms with Crippen LogP contribution in [0, 0.1) is 0 Å². The van der Waals surface area contributed by atoms with E-state index in [1.54, 1.807) is 6.20 Å². The van der Waals surface area contributed by atoms with Crippen molar-refractivity contribution in [2.24, 2.45) is 0 Å². The second-order valence-corrected chi connectivity index (χ2v) is 4.13. The summed E-state index contributed by atoms with van der Waals surface area (Å²) in [6.07, 6.45) is 1.73. The van der Waals surface area contributed by atoms with Crippen molar-refractivity contribution < 1.29 is 9.47 Å². The Bertz CT molecular complexity index is 529. The zero-order valence-electron chi connectivity index (χ0n) is 11.5. The topological polar surface area (TPSA) is 69.4 Å². The van der Waals surface area contributed by atoms with Crippen molar-refractivity contribution in [2.75, 3.05) is 30.8 Å². The Kier molecular flexibility index (Phi) is 5.06. The Morgan fingerprint density at radius 3 is 2.70 bits per heavy atom. The Balaban J connectivity index is 1.79. The summed E-state index contributed by atoms with van der Waals surface area (Å²) < 4.78 is 11.1. The van der Waals surface area contributed by atoms with Gasteiger partial charge in [-0.15, -0.1) is 0 Å². The number of nitrogens with two attached hydrogens (primary N) is 1. The number of nitrogens with one attached hydrogen (secondary N) is 1. The van der Waals surface area contributed by atoms with E-state index in [1.807, 2.05) is 43.3 Å². The van der Waals surface area contributed by atoms with Gasteiger partial charge >= 0.3 is 0 Å². The predicted octanol–water partition coefficient (Wildman–Crippen LogP) is 2.55. The molecule has 3 N–H and O–H groups in total. The van der Waals surface area contributed by atoms with Crippen molar-refractivity contribution in [1.82, 2.24) is 4.98 Å². The first-order chi connectivity index (χ1) is 9.79. The summed E-state index contributed by atoms with van der Waals surface area (Å²) in [6, 6.07) is 11.1. The van der Waals surface area contributed by atoms with Crippen LogP contribution in [0.5, 0.6) is 11.5 Å². The van der Waals surface area contributed by atoms with Crippen LogP contribution >= 0.6 is 0 Å². The zero-order valence-corrected chi connectivity index (χ0v) is 11.5. The van der Waals surface area contributed by atoms with Crippen molar-refractivity contribution in [1.29, 1.82) is 0 Å². The molecule has 0 fully saturated rings. The molecule has 0 spiro atoms. The molecule has 2 rings (SSSR count). The van der Waals surface area contributed by atoms with Gasteiger partial charge in [0.1, 0.15) is 12.4 Å². The highest BCUT2D eigenvalue weighted by Gasteiger charge is 2.02. The molecule has 0 atom stereocenters. The molecule has 5 nitrogen and oxygen atoms in total. The van der Waals surface area contributed by atoms with Gasteiger partial charge in [0, 0.05) is 11.9 Å². The highest BCUT2D eigenvalue weighted by molar-refractivity contribution is 5.49. The molecule has 0 saturated heterocycles. The molecule has 2 aromatic rings. The molecule has 0 amide bonds. The van der Waals surface area contributed by atoms with Crippen LogP contribution in [-0.4, -0.2) is 24.7 Å². The third kappa shape index (κ3) is 4.05. The van der Waals surface area contributed by atoms with Crippen LogP contribution in [0.1, 0.15) is 6.92 Å². The molecule has 0 unspecified atom stereocenters. The predicted molar refractivity (Wildman–Crippen MR) is 80.2 cm³/mol. The average Bonchev–Trinajstić information content (AvgIpc) is 2.47. The third-order valence-corrected chi connectivity index (χ3v) is 2.61. The SMILES string of the molecule is CCOc1cccnc1NCCOc1ccc(N)cc1. The fourth-order valence-corrected chi connectivity index (χ4v) is 1.70. The lowest BCUT2D eigenvalue weighted by molar-refractivity contribution is 0.329. The van der Waals surface area contributed by atoms with E-state index in [2.05, 4.69) is 10.3 Å².